The molecule has 0 radical (unpaired) electrons. The summed E-state index contributed by atoms with van der Waals surface area (Å²) in [6, 6.07) is 11.7. The standard InChI is InChI=1S/C27H30N2O5S/c1-4-34-26(31)15-25-29(17-24(30)28-13-7-8-18(2)16-28)27(32)23(35-25)14-21-20-10-6-5-9-19(20)11-12-22(21)33-3/h5-6,9-12,14-15,18H,4,7-8,13,16-17H2,1-3H3. The molecule has 2 heterocycles. The number of carbonyl (C=O) groups is 2. The van der Waals surface area contributed by atoms with Gasteiger partial charge in [0.15, 0.2) is 0 Å². The van der Waals surface area contributed by atoms with Gasteiger partial charge in [0, 0.05) is 18.7 Å². The van der Waals surface area contributed by atoms with Crippen molar-refractivity contribution < 1.29 is 19.1 Å². The van der Waals surface area contributed by atoms with Gasteiger partial charge in [0.2, 0.25) is 5.91 Å². The van der Waals surface area contributed by atoms with Crippen LogP contribution < -0.4 is 19.5 Å². The van der Waals surface area contributed by atoms with E-state index < -0.39 is 5.97 Å². The van der Waals surface area contributed by atoms with Crippen LogP contribution in [0.5, 0.6) is 5.75 Å². The monoisotopic (exact) mass is 494 g/mol. The number of benzene rings is 2. The highest BCUT2D eigenvalue weighted by atomic mass is 32.1. The highest BCUT2D eigenvalue weighted by Crippen LogP contribution is 2.28. The van der Waals surface area contributed by atoms with Gasteiger partial charge >= 0.3 is 5.97 Å². The molecule has 0 bridgehead atoms. The van der Waals surface area contributed by atoms with E-state index in [1.54, 1.807) is 20.1 Å². The number of methoxy groups -OCH3 is 1. The number of esters is 1. The highest BCUT2D eigenvalue weighted by molar-refractivity contribution is 7.07. The Morgan fingerprint density at radius 2 is 2.00 bits per heavy atom. The van der Waals surface area contributed by atoms with Crippen molar-refractivity contribution >= 4 is 46.1 Å². The number of thiazole rings is 1. The molecule has 1 aliphatic heterocycles. The van der Waals surface area contributed by atoms with E-state index in [4.69, 9.17) is 9.47 Å². The Hall–Kier alpha value is -3.39. The number of piperidine rings is 1. The molecule has 0 saturated carbocycles. The number of fused-ring (bicyclic) bond motifs is 1. The zero-order valence-electron chi connectivity index (χ0n) is 20.3. The van der Waals surface area contributed by atoms with Gasteiger partial charge in [-0.3, -0.25) is 14.2 Å². The third-order valence-electron chi connectivity index (χ3n) is 6.19. The number of aromatic nitrogens is 1. The van der Waals surface area contributed by atoms with Gasteiger partial charge in [-0.25, -0.2) is 4.79 Å². The number of nitrogens with zero attached hydrogens (tertiary/aromatic N) is 2. The third kappa shape index (κ3) is 5.48. The lowest BCUT2D eigenvalue weighted by Gasteiger charge is -2.31. The first-order chi connectivity index (χ1) is 16.9. The maximum atomic E-state index is 13.5. The molecule has 3 aromatic rings. The number of amides is 1. The number of ether oxygens (including phenoxy) is 2. The van der Waals surface area contributed by atoms with Crippen molar-refractivity contribution in [2.45, 2.75) is 33.2 Å². The summed E-state index contributed by atoms with van der Waals surface area (Å²) in [6.45, 7) is 5.32. The highest BCUT2D eigenvalue weighted by Gasteiger charge is 2.22. The zero-order chi connectivity index (χ0) is 24.9. The van der Waals surface area contributed by atoms with Crippen LogP contribution in [0.3, 0.4) is 0 Å². The van der Waals surface area contributed by atoms with E-state index in [2.05, 4.69) is 6.92 Å². The summed E-state index contributed by atoms with van der Waals surface area (Å²) in [7, 11) is 1.59. The fourth-order valence-corrected chi connectivity index (χ4v) is 5.47. The molecule has 1 aromatic heterocycles. The average Bonchev–Trinajstić information content (AvgIpc) is 3.13. The zero-order valence-corrected chi connectivity index (χ0v) is 21.1. The Bertz CT molecular complexity index is 1420. The Morgan fingerprint density at radius 3 is 2.74 bits per heavy atom. The Labute approximate surface area is 207 Å². The molecule has 1 fully saturated rings. The van der Waals surface area contributed by atoms with Crippen molar-refractivity contribution in [2.75, 3.05) is 26.8 Å². The van der Waals surface area contributed by atoms with Crippen molar-refractivity contribution in [2.24, 2.45) is 5.92 Å². The summed E-state index contributed by atoms with van der Waals surface area (Å²) in [5.41, 5.74) is 0.453. The molecule has 7 nitrogen and oxygen atoms in total. The van der Waals surface area contributed by atoms with Gasteiger partial charge in [-0.15, -0.1) is 11.3 Å². The summed E-state index contributed by atoms with van der Waals surface area (Å²) in [5.74, 6) is 0.401. The second-order valence-electron chi connectivity index (χ2n) is 8.73. The van der Waals surface area contributed by atoms with E-state index in [1.807, 2.05) is 41.3 Å². The first-order valence-electron chi connectivity index (χ1n) is 11.8. The van der Waals surface area contributed by atoms with E-state index in [0.717, 1.165) is 40.5 Å². The maximum absolute atomic E-state index is 13.5. The Kier molecular flexibility index (Phi) is 7.70. The second-order valence-corrected chi connectivity index (χ2v) is 9.79. The number of hydrogen-bond acceptors (Lipinski definition) is 6. The van der Waals surface area contributed by atoms with Crippen LogP contribution in [0.1, 0.15) is 32.3 Å². The van der Waals surface area contributed by atoms with Crippen molar-refractivity contribution in [1.82, 2.24) is 9.47 Å². The predicted octanol–water partition coefficient (Wildman–Crippen LogP) is 2.50. The summed E-state index contributed by atoms with van der Waals surface area (Å²) in [5, 5.41) is 1.96. The maximum Gasteiger partial charge on any atom is 0.333 e. The lowest BCUT2D eigenvalue weighted by atomic mass is 10.0. The van der Waals surface area contributed by atoms with Gasteiger partial charge in [-0.05, 0) is 48.6 Å². The molecule has 4 rings (SSSR count). The molecule has 1 aliphatic rings. The first-order valence-corrected chi connectivity index (χ1v) is 12.7. The summed E-state index contributed by atoms with van der Waals surface area (Å²) < 4.78 is 12.8. The molecule has 1 atom stereocenters. The first kappa shape index (κ1) is 24.7. The largest absolute Gasteiger partial charge is 0.496 e. The normalized spacial score (nSPS) is 17.1. The van der Waals surface area contributed by atoms with Crippen molar-refractivity contribution in [3.63, 3.8) is 0 Å². The van der Waals surface area contributed by atoms with E-state index in [9.17, 15) is 14.4 Å². The summed E-state index contributed by atoms with van der Waals surface area (Å²) >= 11 is 1.16. The average molecular weight is 495 g/mol. The van der Waals surface area contributed by atoms with Gasteiger partial charge < -0.3 is 14.4 Å². The molecule has 0 N–H and O–H groups in total. The molecule has 184 valence electrons. The lowest BCUT2D eigenvalue weighted by Crippen LogP contribution is -2.44. The van der Waals surface area contributed by atoms with Crippen LogP contribution in [0.15, 0.2) is 41.2 Å². The molecule has 0 spiro atoms. The third-order valence-corrected chi connectivity index (χ3v) is 7.25. The number of rotatable bonds is 6. The summed E-state index contributed by atoms with van der Waals surface area (Å²) in [4.78, 5) is 40.6. The molecule has 35 heavy (non-hydrogen) atoms. The topological polar surface area (TPSA) is 77.8 Å². The lowest BCUT2D eigenvalue weighted by molar-refractivity contribution is -0.136. The number of carbonyl (C=O) groups excluding carboxylic acids is 2. The van der Waals surface area contributed by atoms with Crippen molar-refractivity contribution in [1.29, 1.82) is 0 Å². The van der Waals surface area contributed by atoms with Crippen LogP contribution in [0, 0.1) is 5.92 Å². The molecule has 1 amide bonds. The van der Waals surface area contributed by atoms with Crippen molar-refractivity contribution in [3.8, 4) is 5.75 Å². The van der Waals surface area contributed by atoms with Gasteiger partial charge in [0.25, 0.3) is 5.56 Å². The summed E-state index contributed by atoms with van der Waals surface area (Å²) in [6.07, 6.45) is 5.11. The van der Waals surface area contributed by atoms with E-state index in [0.29, 0.717) is 34.0 Å². The van der Waals surface area contributed by atoms with Crippen LogP contribution in [0.2, 0.25) is 0 Å². The second kappa shape index (κ2) is 10.9. The smallest absolute Gasteiger partial charge is 0.333 e. The van der Waals surface area contributed by atoms with E-state index in [-0.39, 0.29) is 24.6 Å². The molecular formula is C27H30N2O5S. The van der Waals surface area contributed by atoms with Crippen molar-refractivity contribution in [3.05, 3.63) is 61.5 Å². The fourth-order valence-electron chi connectivity index (χ4n) is 4.46. The predicted molar refractivity (Wildman–Crippen MR) is 138 cm³/mol. The molecular weight excluding hydrogens is 464 g/mol. The van der Waals surface area contributed by atoms with Gasteiger partial charge in [-0.2, -0.15) is 0 Å². The SMILES string of the molecule is CCOC(=O)C=c1sc(=Cc2c(OC)ccc3ccccc23)c(=O)n1CC(=O)N1CCCC(C)C1. The van der Waals surface area contributed by atoms with Crippen LogP contribution in [-0.2, 0) is 20.9 Å². The van der Waals surface area contributed by atoms with Gasteiger partial charge in [-0.1, -0.05) is 37.3 Å². The molecule has 0 aliphatic carbocycles. The minimum absolute atomic E-state index is 0.117. The molecule has 8 heteroatoms. The van der Waals surface area contributed by atoms with Gasteiger partial charge in [0.05, 0.1) is 24.3 Å². The Morgan fingerprint density at radius 1 is 1.20 bits per heavy atom. The molecule has 1 unspecified atom stereocenters. The van der Waals surface area contributed by atoms with Crippen LogP contribution in [-0.4, -0.2) is 48.1 Å². The molecule has 1 saturated heterocycles. The minimum Gasteiger partial charge on any atom is -0.496 e. The van der Waals surface area contributed by atoms with Crippen LogP contribution in [0.25, 0.3) is 22.9 Å². The number of hydrogen-bond donors (Lipinski definition) is 0. The number of likely N-dealkylation sites (tertiary alicyclic amines) is 1. The Balaban J connectivity index is 1.84. The molecule has 2 aromatic carbocycles. The minimum atomic E-state index is -0.546. The van der Waals surface area contributed by atoms with E-state index in [1.165, 1.54) is 10.6 Å². The van der Waals surface area contributed by atoms with Gasteiger partial charge in [0.1, 0.15) is 17.0 Å². The quantitative estimate of drug-likeness (QED) is 0.492. The van der Waals surface area contributed by atoms with Crippen LogP contribution in [0.4, 0.5) is 0 Å². The fraction of sp³-hybridized carbons (Fsp3) is 0.370. The van der Waals surface area contributed by atoms with Crippen LogP contribution >= 0.6 is 11.3 Å². The van der Waals surface area contributed by atoms with E-state index >= 15 is 0 Å².